The molecule has 4 rings (SSSR count). The van der Waals surface area contributed by atoms with Crippen molar-refractivity contribution in [2.24, 2.45) is 5.92 Å². The van der Waals surface area contributed by atoms with Crippen LogP contribution in [-0.4, -0.2) is 26.2 Å². The number of nitrogens with one attached hydrogen (secondary N) is 1. The fourth-order valence-corrected chi connectivity index (χ4v) is 4.29. The predicted octanol–water partition coefficient (Wildman–Crippen LogP) is 2.63. The van der Waals surface area contributed by atoms with Gasteiger partial charge in [0.1, 0.15) is 5.69 Å². The largest absolute Gasteiger partial charge is 0.463 e. The van der Waals surface area contributed by atoms with Gasteiger partial charge in [-0.3, -0.25) is 14.2 Å². The summed E-state index contributed by atoms with van der Waals surface area (Å²) in [4.78, 5) is 33.4. The number of hydrogen-bond acceptors (Lipinski definition) is 7. The molecule has 0 fully saturated rings. The van der Waals surface area contributed by atoms with Crippen molar-refractivity contribution < 1.29 is 9.21 Å². The predicted molar refractivity (Wildman–Crippen MR) is 95.9 cm³/mol. The molecule has 0 saturated heterocycles. The Morgan fingerprint density at radius 2 is 2.36 bits per heavy atom. The molecule has 0 bridgehead atoms. The molecule has 1 unspecified atom stereocenters. The quantitative estimate of drug-likeness (QED) is 0.709. The van der Waals surface area contributed by atoms with E-state index in [9.17, 15) is 9.59 Å². The lowest BCUT2D eigenvalue weighted by atomic mass is 10.1. The first-order valence-corrected chi connectivity index (χ1v) is 9.48. The number of thioether (sulfide) groups is 1. The van der Waals surface area contributed by atoms with Crippen molar-refractivity contribution in [1.82, 2.24) is 14.5 Å². The van der Waals surface area contributed by atoms with Crippen molar-refractivity contribution in [3.05, 3.63) is 45.9 Å². The van der Waals surface area contributed by atoms with Crippen LogP contribution in [0, 0.1) is 12.8 Å². The second kappa shape index (κ2) is 6.49. The van der Waals surface area contributed by atoms with Gasteiger partial charge in [-0.1, -0.05) is 11.8 Å². The third-order valence-electron chi connectivity index (χ3n) is 3.88. The molecule has 0 radical (unpaired) electrons. The van der Waals surface area contributed by atoms with Crippen molar-refractivity contribution in [2.45, 2.75) is 18.6 Å². The number of carbonyl (C=O) groups is 1. The van der Waals surface area contributed by atoms with Crippen molar-refractivity contribution in [2.75, 3.05) is 11.1 Å². The van der Waals surface area contributed by atoms with E-state index in [-0.39, 0.29) is 17.4 Å². The molecular formula is C16H14N4O3S2. The van der Waals surface area contributed by atoms with Gasteiger partial charge >= 0.3 is 0 Å². The first-order chi connectivity index (χ1) is 12.1. The van der Waals surface area contributed by atoms with Gasteiger partial charge in [0.2, 0.25) is 5.91 Å². The third kappa shape index (κ3) is 3.12. The Morgan fingerprint density at radius 3 is 3.16 bits per heavy atom. The Kier molecular flexibility index (Phi) is 4.18. The number of anilines is 1. The average molecular weight is 374 g/mol. The fraction of sp³-hybridized carbons (Fsp3) is 0.250. The highest BCUT2D eigenvalue weighted by atomic mass is 32.2. The molecular weight excluding hydrogens is 360 g/mol. The van der Waals surface area contributed by atoms with Crippen LogP contribution in [0.15, 0.2) is 44.3 Å². The van der Waals surface area contributed by atoms with E-state index in [1.807, 2.05) is 11.4 Å². The maximum absolute atomic E-state index is 12.6. The highest BCUT2D eigenvalue weighted by Crippen LogP contribution is 2.28. The molecule has 4 heterocycles. The van der Waals surface area contributed by atoms with Crippen LogP contribution < -0.4 is 10.9 Å². The average Bonchev–Trinajstić information content (AvgIpc) is 3.29. The SMILES string of the molecule is Cc1cnc2n(c1=O)CC(C(=O)Nc1nc(-c3ccco3)cs1)CS2. The summed E-state index contributed by atoms with van der Waals surface area (Å²) in [7, 11) is 0. The van der Waals surface area contributed by atoms with Crippen LogP contribution in [0.2, 0.25) is 0 Å². The van der Waals surface area contributed by atoms with Gasteiger partial charge in [0.25, 0.3) is 5.56 Å². The minimum atomic E-state index is -0.310. The summed E-state index contributed by atoms with van der Waals surface area (Å²) < 4.78 is 6.87. The molecule has 0 saturated carbocycles. The number of aryl methyl sites for hydroxylation is 1. The minimum absolute atomic E-state index is 0.0932. The summed E-state index contributed by atoms with van der Waals surface area (Å²) >= 11 is 2.76. The lowest BCUT2D eigenvalue weighted by Crippen LogP contribution is -2.37. The molecule has 0 spiro atoms. The Balaban J connectivity index is 1.49. The van der Waals surface area contributed by atoms with Crippen LogP contribution in [0.5, 0.6) is 0 Å². The lowest BCUT2D eigenvalue weighted by molar-refractivity contribution is -0.119. The van der Waals surface area contributed by atoms with E-state index in [0.29, 0.717) is 39.6 Å². The Morgan fingerprint density at radius 1 is 1.48 bits per heavy atom. The normalized spacial score (nSPS) is 16.4. The molecule has 9 heteroatoms. The number of fused-ring (bicyclic) bond motifs is 1. The standard InChI is InChI=1S/C16H14N4O3S2/c1-9-5-17-16-20(14(9)22)6-10(7-25-16)13(21)19-15-18-11(8-24-15)12-3-2-4-23-12/h2-5,8,10H,6-7H2,1H3,(H,18,19,21). The molecule has 1 amide bonds. The summed E-state index contributed by atoms with van der Waals surface area (Å²) in [6.07, 6.45) is 3.16. The Bertz CT molecular complexity index is 978. The molecule has 3 aromatic rings. The van der Waals surface area contributed by atoms with Crippen molar-refractivity contribution >= 4 is 34.1 Å². The van der Waals surface area contributed by atoms with Crippen LogP contribution >= 0.6 is 23.1 Å². The highest BCUT2D eigenvalue weighted by Gasteiger charge is 2.27. The van der Waals surface area contributed by atoms with Gasteiger partial charge < -0.3 is 9.73 Å². The maximum atomic E-state index is 12.6. The topological polar surface area (TPSA) is 90.0 Å². The smallest absolute Gasteiger partial charge is 0.257 e. The molecule has 1 aliphatic rings. The summed E-state index contributed by atoms with van der Waals surface area (Å²) in [6, 6.07) is 3.61. The molecule has 25 heavy (non-hydrogen) atoms. The van der Waals surface area contributed by atoms with E-state index in [1.54, 1.807) is 30.0 Å². The van der Waals surface area contributed by atoms with Gasteiger partial charge in [-0.25, -0.2) is 9.97 Å². The molecule has 1 N–H and O–H groups in total. The van der Waals surface area contributed by atoms with E-state index in [2.05, 4.69) is 15.3 Å². The highest BCUT2D eigenvalue weighted by molar-refractivity contribution is 7.99. The molecule has 0 aromatic carbocycles. The number of aromatic nitrogens is 3. The number of thiazole rings is 1. The van der Waals surface area contributed by atoms with E-state index < -0.39 is 0 Å². The maximum Gasteiger partial charge on any atom is 0.257 e. The first-order valence-electron chi connectivity index (χ1n) is 7.61. The summed E-state index contributed by atoms with van der Waals surface area (Å²) in [6.45, 7) is 2.06. The second-order valence-electron chi connectivity index (χ2n) is 5.65. The van der Waals surface area contributed by atoms with Gasteiger partial charge in [-0.15, -0.1) is 11.3 Å². The number of rotatable bonds is 3. The number of amides is 1. The molecule has 0 aliphatic carbocycles. The van der Waals surface area contributed by atoms with Crippen LogP contribution in [0.4, 0.5) is 5.13 Å². The van der Waals surface area contributed by atoms with E-state index in [4.69, 9.17) is 4.42 Å². The molecule has 7 nitrogen and oxygen atoms in total. The summed E-state index contributed by atoms with van der Waals surface area (Å²) in [5.74, 6) is 0.784. The first kappa shape index (κ1) is 16.1. The van der Waals surface area contributed by atoms with Crippen LogP contribution in [0.25, 0.3) is 11.5 Å². The van der Waals surface area contributed by atoms with Gasteiger partial charge in [0, 0.05) is 29.4 Å². The van der Waals surface area contributed by atoms with Crippen LogP contribution in [-0.2, 0) is 11.3 Å². The number of nitrogens with zero attached hydrogens (tertiary/aromatic N) is 3. The zero-order valence-corrected chi connectivity index (χ0v) is 14.9. The fourth-order valence-electron chi connectivity index (χ4n) is 2.54. The molecule has 128 valence electrons. The van der Waals surface area contributed by atoms with Crippen LogP contribution in [0.3, 0.4) is 0 Å². The van der Waals surface area contributed by atoms with Crippen molar-refractivity contribution in [3.63, 3.8) is 0 Å². The van der Waals surface area contributed by atoms with Gasteiger partial charge in [-0.2, -0.15) is 0 Å². The summed E-state index contributed by atoms with van der Waals surface area (Å²) in [5, 5.41) is 5.84. The Hall–Kier alpha value is -2.39. The van der Waals surface area contributed by atoms with Crippen LogP contribution in [0.1, 0.15) is 5.56 Å². The van der Waals surface area contributed by atoms with E-state index in [1.165, 1.54) is 23.1 Å². The molecule has 1 atom stereocenters. The summed E-state index contributed by atoms with van der Waals surface area (Å²) in [5.41, 5.74) is 1.17. The number of furan rings is 1. The van der Waals surface area contributed by atoms with Gasteiger partial charge in [0.15, 0.2) is 16.0 Å². The zero-order valence-electron chi connectivity index (χ0n) is 13.3. The van der Waals surface area contributed by atoms with Gasteiger partial charge in [-0.05, 0) is 19.1 Å². The second-order valence-corrected chi connectivity index (χ2v) is 7.50. The zero-order chi connectivity index (χ0) is 17.4. The molecule has 3 aromatic heterocycles. The van der Waals surface area contributed by atoms with Gasteiger partial charge in [0.05, 0.1) is 12.2 Å². The van der Waals surface area contributed by atoms with E-state index >= 15 is 0 Å². The van der Waals surface area contributed by atoms with Crippen molar-refractivity contribution in [3.8, 4) is 11.5 Å². The lowest BCUT2D eigenvalue weighted by Gasteiger charge is -2.23. The monoisotopic (exact) mass is 374 g/mol. The molecule has 1 aliphatic heterocycles. The number of carbonyl (C=O) groups excluding carboxylic acids is 1. The van der Waals surface area contributed by atoms with Crippen molar-refractivity contribution in [1.29, 1.82) is 0 Å². The Labute approximate surface area is 151 Å². The van der Waals surface area contributed by atoms with E-state index in [0.717, 1.165) is 0 Å². The number of hydrogen-bond donors (Lipinski definition) is 1. The minimum Gasteiger partial charge on any atom is -0.463 e. The third-order valence-corrected chi connectivity index (χ3v) is 5.79.